The Hall–Kier alpha value is -3.27. The predicted octanol–water partition coefficient (Wildman–Crippen LogP) is -4.39. The predicted molar refractivity (Wildman–Crippen MR) is 348 cm³/mol. The minimum atomic E-state index is -2.17. The van der Waals surface area contributed by atoms with Crippen LogP contribution >= 0.6 is 0 Å². The highest BCUT2D eigenvalue weighted by molar-refractivity contribution is 5.84. The zero-order valence-corrected chi connectivity index (χ0v) is 60.7. The van der Waals surface area contributed by atoms with E-state index in [4.69, 9.17) is 80.5 Å². The van der Waals surface area contributed by atoms with Crippen LogP contribution in [-0.2, 0) is 94.9 Å². The highest BCUT2D eigenvalue weighted by Gasteiger charge is 2.81. The summed E-state index contributed by atoms with van der Waals surface area (Å²) in [5.41, 5.74) is -2.78. The first-order valence-corrected chi connectivity index (χ1v) is 36.2. The van der Waals surface area contributed by atoms with Crippen molar-refractivity contribution in [2.75, 3.05) is 53.9 Å². The van der Waals surface area contributed by atoms with Crippen LogP contribution in [0.4, 0.5) is 0 Å². The van der Waals surface area contributed by atoms with E-state index in [1.807, 2.05) is 20.8 Å². The molecular weight excluding hydrogens is 1400 g/mol. The summed E-state index contributed by atoms with van der Waals surface area (Å²) in [6.07, 6.45) is -45.5. The zero-order chi connectivity index (χ0) is 76.6. The number of aliphatic hydroxyl groups excluding tert-OH is 15. The Balaban J connectivity index is 0.854. The molecule has 7 heterocycles. The number of allylic oxidation sites excluding steroid dienone is 3. The van der Waals surface area contributed by atoms with E-state index in [2.05, 4.69) is 26.5 Å². The standard InChI is InChI=1S/C70H110O35/c1-27(2)12-15-41(94-29(4)76)69(9)58-33(93-28(3)75)20-68(8)31-13-14-39-66(5,6)40(17-18-67(39,7)30(31)16-19-70(58,68)65(88)105-69)100-64-57(45(81)38(26-92-64)99-61-51(87)56(44(80)36(23-73)95-61)103-63-50(86)55(90-11)43(79)35(22-72)97-63)104-60-47(83)46(82)53(37(24-74)98-60)102-59-48(84)52(32(77)25-91-59)101-62-49(85)54(89-10)42(78)34(21-71)96-62/h16,31-64,71-74,77-87H,1,12-15,17-26H2,2-11H3/t31-,32-,33+,34-,35-,36-,37-,38-,39+,40+,41?,42-,43-,44-,45+,46-,47-,48-,49-,50-,51-,52+,53-,54+,55+,56+,57-,58-,59+,60+,61+,62+,63+,64+,67-,68+,69+,70-/m1/s1. The summed E-state index contributed by atoms with van der Waals surface area (Å²) in [5.74, 6) is -2.63. The molecule has 7 aliphatic heterocycles. The molecule has 0 bridgehead atoms. The summed E-state index contributed by atoms with van der Waals surface area (Å²) in [4.78, 5) is 41.1. The number of methoxy groups -OCH3 is 2. The largest absolute Gasteiger partial charge is 0.462 e. The smallest absolute Gasteiger partial charge is 0.314 e. The van der Waals surface area contributed by atoms with Crippen molar-refractivity contribution < 1.29 is 172 Å². The Bertz CT molecular complexity index is 3040. The van der Waals surface area contributed by atoms with E-state index in [0.29, 0.717) is 44.9 Å². The molecule has 35 nitrogen and oxygen atoms in total. The van der Waals surface area contributed by atoms with Gasteiger partial charge in [0.25, 0.3) is 0 Å². The Kier molecular flexibility index (Phi) is 25.5. The molecular formula is C70H110O35. The fourth-order valence-electron chi connectivity index (χ4n) is 19.7. The minimum absolute atomic E-state index is 0.152. The fourth-order valence-corrected chi connectivity index (χ4v) is 19.7. The number of esters is 3. The lowest BCUT2D eigenvalue weighted by Crippen LogP contribution is -2.67. The number of carbonyl (C=O) groups is 3. The minimum Gasteiger partial charge on any atom is -0.462 e. The van der Waals surface area contributed by atoms with Gasteiger partial charge in [-0.3, -0.25) is 14.4 Å². The van der Waals surface area contributed by atoms with Crippen molar-refractivity contribution in [2.24, 2.45) is 39.4 Å². The van der Waals surface area contributed by atoms with Crippen molar-refractivity contribution in [3.8, 4) is 0 Å². The van der Waals surface area contributed by atoms with Gasteiger partial charge in [-0.15, -0.1) is 6.58 Å². The molecule has 35 heteroatoms. The number of fused-ring (bicyclic) bond motifs is 4. The van der Waals surface area contributed by atoms with Crippen molar-refractivity contribution in [2.45, 2.75) is 303 Å². The maximum absolute atomic E-state index is 15.1. The van der Waals surface area contributed by atoms with E-state index in [-0.39, 0.29) is 18.3 Å². The molecule has 4 aliphatic carbocycles. The number of hydrogen-bond acceptors (Lipinski definition) is 35. The van der Waals surface area contributed by atoms with Crippen LogP contribution in [0, 0.1) is 39.4 Å². The van der Waals surface area contributed by atoms with Gasteiger partial charge in [-0.1, -0.05) is 44.9 Å². The second-order valence-corrected chi connectivity index (χ2v) is 31.6. The Morgan fingerprint density at radius 2 is 1.07 bits per heavy atom. The molecule has 1 spiro atoms. The van der Waals surface area contributed by atoms with E-state index in [1.54, 1.807) is 6.92 Å². The summed E-state index contributed by atoms with van der Waals surface area (Å²) in [6.45, 7) is 14.1. The van der Waals surface area contributed by atoms with Crippen LogP contribution in [0.25, 0.3) is 0 Å². The molecule has 1 unspecified atom stereocenters. The summed E-state index contributed by atoms with van der Waals surface area (Å²) in [7, 11) is 2.35. The molecule has 0 amide bonds. The topological polar surface area (TPSA) is 512 Å². The Labute approximate surface area is 607 Å². The Morgan fingerprint density at radius 1 is 0.552 bits per heavy atom. The van der Waals surface area contributed by atoms with Gasteiger partial charge in [-0.2, -0.15) is 0 Å². The first kappa shape index (κ1) is 82.7. The molecule has 0 aromatic rings. The molecule has 0 aromatic carbocycles. The number of aliphatic hydroxyl groups is 15. The normalized spacial score (nSPS) is 49.9. The molecule has 105 heavy (non-hydrogen) atoms. The Morgan fingerprint density at radius 3 is 1.63 bits per heavy atom. The summed E-state index contributed by atoms with van der Waals surface area (Å²) >= 11 is 0. The lowest BCUT2D eigenvalue weighted by Gasteiger charge is -2.63. The monoisotopic (exact) mass is 1510 g/mol. The van der Waals surface area contributed by atoms with Gasteiger partial charge in [0, 0.05) is 28.1 Å². The summed E-state index contributed by atoms with van der Waals surface area (Å²) < 4.78 is 102. The van der Waals surface area contributed by atoms with Crippen LogP contribution in [0.1, 0.15) is 107 Å². The number of ether oxygens (including phenoxy) is 17. The van der Waals surface area contributed by atoms with Crippen LogP contribution in [0.5, 0.6) is 0 Å². The molecule has 10 fully saturated rings. The summed E-state index contributed by atoms with van der Waals surface area (Å²) in [6, 6.07) is 0. The van der Waals surface area contributed by atoms with E-state index in [1.165, 1.54) is 28.1 Å². The molecule has 7 saturated heterocycles. The fraction of sp³-hybridized carbons (Fsp3) is 0.900. The maximum atomic E-state index is 15.1. The molecule has 3 saturated carbocycles. The van der Waals surface area contributed by atoms with E-state index < -0.39 is 281 Å². The van der Waals surface area contributed by atoms with Gasteiger partial charge in [0.1, 0.15) is 146 Å². The highest BCUT2D eigenvalue weighted by atomic mass is 16.8. The average molecular weight is 1510 g/mol. The SMILES string of the molecule is C=C(C)CCC(OC(C)=O)[C@]1(C)OC(=O)[C@]23CC=C4[C@@H](CC[C@H]5C(C)(C)[C@@H](O[C@@H]6OC[C@@H](O[C@@H]7O[C@H](CO)[C@@H](O)[C@H](O[C@@H]8O[C@H](CO)[C@@H](O)[C@H](OC)[C@H]8O)[C@H]7O)[C@H](O)[C@H]6O[C@@H]6O[C@H](CO)[C@@H](O[C@@H]7OC[C@@H](O)[C@H](O[C@@H]8O[C@H](CO)[C@@H](O)[C@H](OC)[C@H]8O)[C@H]7O)[C@H](O)[C@H]6O)CC[C@]45C)[C@]2(C)C[C@H](OC(C)=O)[C@H]13. The molecule has 11 aliphatic rings. The number of hydrogen-bond donors (Lipinski definition) is 15. The lowest BCUT2D eigenvalue weighted by molar-refractivity contribution is -0.396. The number of carbonyl (C=O) groups excluding carboxylic acids is 3. The summed E-state index contributed by atoms with van der Waals surface area (Å²) in [5, 5.41) is 168. The lowest BCUT2D eigenvalue weighted by atomic mass is 9.41. The third-order valence-electron chi connectivity index (χ3n) is 25.0. The molecule has 11 rings (SSSR count). The number of cyclic esters (lactones) is 1. The molecule has 15 N–H and O–H groups in total. The first-order chi connectivity index (χ1) is 49.5. The average Bonchev–Trinajstić information content (AvgIpc) is 1.50. The van der Waals surface area contributed by atoms with Gasteiger partial charge in [-0.25, -0.2) is 0 Å². The van der Waals surface area contributed by atoms with Gasteiger partial charge in [-0.05, 0) is 93.3 Å². The van der Waals surface area contributed by atoms with Crippen LogP contribution < -0.4 is 0 Å². The molecule has 600 valence electrons. The number of rotatable bonds is 24. The van der Waals surface area contributed by atoms with Gasteiger partial charge < -0.3 is 157 Å². The van der Waals surface area contributed by atoms with Crippen LogP contribution in [0.2, 0.25) is 0 Å². The van der Waals surface area contributed by atoms with Gasteiger partial charge >= 0.3 is 17.9 Å². The van der Waals surface area contributed by atoms with Crippen molar-refractivity contribution in [3.05, 3.63) is 23.8 Å². The first-order valence-electron chi connectivity index (χ1n) is 36.2. The van der Waals surface area contributed by atoms with Crippen LogP contribution in [0.15, 0.2) is 23.8 Å². The second-order valence-electron chi connectivity index (χ2n) is 31.6. The van der Waals surface area contributed by atoms with E-state index in [0.717, 1.165) is 11.1 Å². The molecule has 0 aromatic heterocycles. The van der Waals surface area contributed by atoms with Crippen molar-refractivity contribution in [1.29, 1.82) is 0 Å². The van der Waals surface area contributed by atoms with Crippen LogP contribution in [0.3, 0.4) is 0 Å². The second kappa shape index (κ2) is 32.4. The highest BCUT2D eigenvalue weighted by Crippen LogP contribution is 2.77. The maximum Gasteiger partial charge on any atom is 0.314 e. The third-order valence-corrected chi connectivity index (χ3v) is 25.0. The van der Waals surface area contributed by atoms with Gasteiger partial charge in [0.05, 0.1) is 57.1 Å². The van der Waals surface area contributed by atoms with Gasteiger partial charge in [0.2, 0.25) is 0 Å². The van der Waals surface area contributed by atoms with Gasteiger partial charge in [0.15, 0.2) is 43.3 Å². The van der Waals surface area contributed by atoms with Crippen molar-refractivity contribution in [3.63, 3.8) is 0 Å². The van der Waals surface area contributed by atoms with Crippen molar-refractivity contribution >= 4 is 17.9 Å². The zero-order valence-electron chi connectivity index (χ0n) is 60.7. The van der Waals surface area contributed by atoms with E-state index >= 15 is 4.79 Å². The quantitative estimate of drug-likeness (QED) is 0.0188. The molecule has 38 atom stereocenters. The van der Waals surface area contributed by atoms with Crippen LogP contribution in [-0.4, -0.2) is 344 Å². The third kappa shape index (κ3) is 14.8. The van der Waals surface area contributed by atoms with Crippen molar-refractivity contribution in [1.82, 2.24) is 0 Å². The molecule has 0 radical (unpaired) electrons. The van der Waals surface area contributed by atoms with E-state index in [9.17, 15) is 86.2 Å².